The Kier molecular flexibility index (Phi) is 7.10. The highest BCUT2D eigenvalue weighted by Gasteiger charge is 2.28. The number of ether oxygens (including phenoxy) is 1. The molecule has 2 aromatic heterocycles. The molecule has 2 aliphatic carbocycles. The summed E-state index contributed by atoms with van der Waals surface area (Å²) in [6.07, 6.45) is 6.55. The summed E-state index contributed by atoms with van der Waals surface area (Å²) < 4.78 is 20.4. The molecule has 10 heteroatoms. The summed E-state index contributed by atoms with van der Waals surface area (Å²) in [6.45, 7) is 3.53. The number of hydrogen-bond acceptors (Lipinski definition) is 6. The molecule has 2 heterocycles. The van der Waals surface area contributed by atoms with Gasteiger partial charge in [-0.15, -0.1) is 0 Å². The lowest BCUT2D eigenvalue weighted by Gasteiger charge is -2.29. The number of aliphatic hydroxyl groups excluding tert-OH is 1. The van der Waals surface area contributed by atoms with Crippen LogP contribution in [-0.2, 0) is 4.79 Å². The molecule has 0 radical (unpaired) electrons. The average Bonchev–Trinajstić information content (AvgIpc) is 3.65. The van der Waals surface area contributed by atoms with Crippen LogP contribution >= 0.6 is 0 Å². The normalized spacial score (nSPS) is 19.6. The molecule has 0 atom stereocenters. The van der Waals surface area contributed by atoms with E-state index < -0.39 is 6.61 Å². The van der Waals surface area contributed by atoms with Gasteiger partial charge in [-0.3, -0.25) is 9.59 Å². The summed E-state index contributed by atoms with van der Waals surface area (Å²) in [5, 5.41) is 14.8. The van der Waals surface area contributed by atoms with E-state index in [-0.39, 0.29) is 29.7 Å². The number of nitrogens with zero attached hydrogens (tertiary/aromatic N) is 2. The lowest BCUT2D eigenvalue weighted by molar-refractivity contribution is -0.124. The molecule has 2 amide bonds. The third kappa shape index (κ3) is 5.44. The Hall–Kier alpha value is -3.53. The van der Waals surface area contributed by atoms with Crippen LogP contribution in [0.25, 0.3) is 22.3 Å². The predicted molar refractivity (Wildman–Crippen MR) is 136 cm³/mol. The molecule has 0 bridgehead atoms. The van der Waals surface area contributed by atoms with Crippen LogP contribution in [0.1, 0.15) is 60.1 Å². The van der Waals surface area contributed by atoms with Gasteiger partial charge in [-0.2, -0.15) is 0 Å². The lowest BCUT2D eigenvalue weighted by atomic mass is 9.91. The zero-order valence-corrected chi connectivity index (χ0v) is 21.1. The number of carbonyl (C=O) groups excluding carboxylic acids is 2. The molecule has 0 aliphatic heterocycles. The molecular weight excluding hydrogens is 477 g/mol. The Morgan fingerprint density at radius 3 is 2.46 bits per heavy atom. The number of rotatable bonds is 8. The van der Waals surface area contributed by atoms with E-state index in [0.29, 0.717) is 57.4 Å². The number of amides is 2. The van der Waals surface area contributed by atoms with Crippen LogP contribution in [0.2, 0.25) is 0 Å². The Labute approximate surface area is 214 Å². The van der Waals surface area contributed by atoms with E-state index >= 15 is 0 Å². The summed E-state index contributed by atoms with van der Waals surface area (Å²) in [7, 11) is 0. The van der Waals surface area contributed by atoms with Gasteiger partial charge in [0.15, 0.2) is 0 Å². The van der Waals surface area contributed by atoms with E-state index in [0.717, 1.165) is 38.5 Å². The Morgan fingerprint density at radius 2 is 1.78 bits per heavy atom. The second kappa shape index (κ2) is 10.5. The third-order valence-electron chi connectivity index (χ3n) is 7.26. The molecule has 0 spiro atoms. The SMILES string of the molecule is Cc1cc(-c2ncnc3c(C(=O)N[C@H]4CC[C@H](NC(=O)CO)CC4)c(C)[nH]c23)c(OCC2CC2)cc1F. The highest BCUT2D eigenvalue weighted by Crippen LogP contribution is 2.37. The summed E-state index contributed by atoms with van der Waals surface area (Å²) in [6, 6.07) is 3.11. The largest absolute Gasteiger partial charge is 0.492 e. The number of fused-ring (bicyclic) bond motifs is 1. The van der Waals surface area contributed by atoms with Gasteiger partial charge in [0, 0.05) is 29.4 Å². The molecule has 0 unspecified atom stereocenters. The first kappa shape index (κ1) is 25.1. The van der Waals surface area contributed by atoms with Crippen LogP contribution in [0.4, 0.5) is 4.39 Å². The highest BCUT2D eigenvalue weighted by molar-refractivity contribution is 6.09. The Balaban J connectivity index is 1.39. The van der Waals surface area contributed by atoms with Gasteiger partial charge in [-0.25, -0.2) is 14.4 Å². The van der Waals surface area contributed by atoms with Gasteiger partial charge in [0.05, 0.1) is 17.7 Å². The monoisotopic (exact) mass is 509 g/mol. The van der Waals surface area contributed by atoms with Gasteiger partial charge in [0.25, 0.3) is 5.91 Å². The molecule has 1 aromatic carbocycles. The summed E-state index contributed by atoms with van der Waals surface area (Å²) in [5.41, 5.74) is 3.91. The van der Waals surface area contributed by atoms with Crippen LogP contribution in [0.15, 0.2) is 18.5 Å². The molecule has 5 rings (SSSR count). The molecular formula is C27H32FN5O4. The number of aromatic amines is 1. The average molecular weight is 510 g/mol. The van der Waals surface area contributed by atoms with Crippen molar-refractivity contribution in [3.63, 3.8) is 0 Å². The number of hydrogen-bond donors (Lipinski definition) is 4. The van der Waals surface area contributed by atoms with E-state index in [1.165, 1.54) is 12.4 Å². The second-order valence-corrected chi connectivity index (χ2v) is 10.2. The van der Waals surface area contributed by atoms with Crippen molar-refractivity contribution in [2.45, 2.75) is 64.5 Å². The minimum Gasteiger partial charge on any atom is -0.492 e. The fraction of sp³-hybridized carbons (Fsp3) is 0.481. The van der Waals surface area contributed by atoms with Crippen LogP contribution in [-0.4, -0.2) is 57.2 Å². The maximum absolute atomic E-state index is 14.4. The molecule has 2 fully saturated rings. The first-order chi connectivity index (χ1) is 17.8. The fourth-order valence-corrected chi connectivity index (χ4v) is 4.98. The molecule has 2 aliphatic rings. The minimum atomic E-state index is -0.522. The van der Waals surface area contributed by atoms with Crippen LogP contribution in [0.3, 0.4) is 0 Å². The van der Waals surface area contributed by atoms with Crippen molar-refractivity contribution in [3.05, 3.63) is 41.1 Å². The summed E-state index contributed by atoms with van der Waals surface area (Å²) in [4.78, 5) is 37.0. The smallest absolute Gasteiger partial charge is 0.255 e. The van der Waals surface area contributed by atoms with E-state index in [1.54, 1.807) is 13.0 Å². The highest BCUT2D eigenvalue weighted by atomic mass is 19.1. The number of halogens is 1. The summed E-state index contributed by atoms with van der Waals surface area (Å²) in [5.74, 6) is -0.00946. The van der Waals surface area contributed by atoms with Gasteiger partial charge in [0.1, 0.15) is 35.7 Å². The van der Waals surface area contributed by atoms with Crippen molar-refractivity contribution in [1.82, 2.24) is 25.6 Å². The number of benzene rings is 1. The Morgan fingerprint density at radius 1 is 1.08 bits per heavy atom. The zero-order chi connectivity index (χ0) is 26.1. The molecule has 0 saturated heterocycles. The van der Waals surface area contributed by atoms with Crippen molar-refractivity contribution in [3.8, 4) is 17.0 Å². The van der Waals surface area contributed by atoms with Crippen molar-refractivity contribution < 1.29 is 23.8 Å². The molecule has 37 heavy (non-hydrogen) atoms. The molecule has 3 aromatic rings. The number of nitrogens with one attached hydrogen (secondary N) is 3. The fourth-order valence-electron chi connectivity index (χ4n) is 4.98. The quantitative estimate of drug-likeness (QED) is 0.369. The number of aryl methyl sites for hydroxylation is 2. The maximum Gasteiger partial charge on any atom is 0.255 e. The zero-order valence-electron chi connectivity index (χ0n) is 21.1. The van der Waals surface area contributed by atoms with E-state index in [4.69, 9.17) is 9.84 Å². The van der Waals surface area contributed by atoms with E-state index in [1.807, 2.05) is 6.92 Å². The van der Waals surface area contributed by atoms with Crippen molar-refractivity contribution in [2.75, 3.05) is 13.2 Å². The molecule has 2 saturated carbocycles. The topological polar surface area (TPSA) is 129 Å². The van der Waals surface area contributed by atoms with E-state index in [9.17, 15) is 14.0 Å². The van der Waals surface area contributed by atoms with Crippen LogP contribution in [0.5, 0.6) is 5.75 Å². The maximum atomic E-state index is 14.4. The number of aromatic nitrogens is 3. The molecule has 196 valence electrons. The van der Waals surface area contributed by atoms with Gasteiger partial charge in [-0.05, 0) is 69.9 Å². The third-order valence-corrected chi connectivity index (χ3v) is 7.26. The molecule has 9 nitrogen and oxygen atoms in total. The van der Waals surface area contributed by atoms with E-state index in [2.05, 4.69) is 25.6 Å². The summed E-state index contributed by atoms with van der Waals surface area (Å²) >= 11 is 0. The predicted octanol–water partition coefficient (Wildman–Crippen LogP) is 3.32. The first-order valence-electron chi connectivity index (χ1n) is 12.8. The number of aliphatic hydroxyl groups is 1. The van der Waals surface area contributed by atoms with Crippen molar-refractivity contribution in [1.29, 1.82) is 0 Å². The van der Waals surface area contributed by atoms with Gasteiger partial charge < -0.3 is 25.5 Å². The Bertz CT molecular complexity index is 1330. The standard InChI is InChI=1S/C27H32FN5O4/c1-14-9-19(21(10-20(14)28)37-12-16-3-4-16)24-26-25(30-13-29-24)23(15(2)31-26)27(36)33-18-7-5-17(6-8-18)32-22(35)11-34/h9-10,13,16-18,31,34H,3-8,11-12H2,1-2H3,(H,32,35)(H,33,36)/t17-,18-. The van der Waals surface area contributed by atoms with Gasteiger partial charge >= 0.3 is 0 Å². The first-order valence-corrected chi connectivity index (χ1v) is 12.8. The lowest BCUT2D eigenvalue weighted by Crippen LogP contribution is -2.44. The van der Waals surface area contributed by atoms with Gasteiger partial charge in [-0.1, -0.05) is 0 Å². The number of carbonyl (C=O) groups is 2. The minimum absolute atomic E-state index is 0.00780. The number of H-pyrrole nitrogens is 1. The van der Waals surface area contributed by atoms with Crippen molar-refractivity contribution >= 4 is 22.8 Å². The second-order valence-electron chi connectivity index (χ2n) is 10.2. The van der Waals surface area contributed by atoms with Crippen LogP contribution in [0, 0.1) is 25.6 Å². The van der Waals surface area contributed by atoms with Gasteiger partial charge in [0.2, 0.25) is 5.91 Å². The van der Waals surface area contributed by atoms with Crippen LogP contribution < -0.4 is 15.4 Å². The van der Waals surface area contributed by atoms with Crippen molar-refractivity contribution in [2.24, 2.45) is 5.92 Å². The molecule has 4 N–H and O–H groups in total.